The minimum absolute atomic E-state index is 0.613. The van der Waals surface area contributed by atoms with E-state index in [1.165, 1.54) is 62.6 Å². The Bertz CT molecular complexity index is 406. The van der Waals surface area contributed by atoms with Crippen LogP contribution in [-0.4, -0.2) is 9.97 Å². The summed E-state index contributed by atoms with van der Waals surface area (Å²) in [6, 6.07) is 0. The van der Waals surface area contributed by atoms with E-state index >= 15 is 0 Å². The van der Waals surface area contributed by atoms with Crippen molar-refractivity contribution >= 4 is 0 Å². The summed E-state index contributed by atoms with van der Waals surface area (Å²) >= 11 is 0. The van der Waals surface area contributed by atoms with E-state index in [1.807, 2.05) is 0 Å². The van der Waals surface area contributed by atoms with E-state index in [4.69, 9.17) is 4.98 Å². The third kappa shape index (κ3) is 4.04. The summed E-state index contributed by atoms with van der Waals surface area (Å²) in [7, 11) is 0. The number of unbranched alkanes of at least 4 members (excludes halogenated alkanes) is 1. The lowest BCUT2D eigenvalue weighted by molar-refractivity contribution is 0.302. The first-order chi connectivity index (χ1) is 9.74. The molecule has 1 fully saturated rings. The fourth-order valence-electron chi connectivity index (χ4n) is 3.44. The maximum atomic E-state index is 4.81. The summed E-state index contributed by atoms with van der Waals surface area (Å²) in [5.74, 6) is 2.68. The zero-order valence-electron chi connectivity index (χ0n) is 13.5. The Morgan fingerprint density at radius 2 is 1.85 bits per heavy atom. The molecule has 1 aromatic rings. The Morgan fingerprint density at radius 3 is 2.45 bits per heavy atom. The molecule has 1 saturated carbocycles. The Kier molecular flexibility index (Phi) is 6.00. The topological polar surface area (TPSA) is 25.8 Å². The average molecular weight is 274 g/mol. The van der Waals surface area contributed by atoms with Crippen molar-refractivity contribution in [2.45, 2.75) is 84.5 Å². The van der Waals surface area contributed by atoms with Crippen molar-refractivity contribution in [1.82, 2.24) is 9.97 Å². The SMILES string of the molecule is CCCCc1cnc(C2CCC(CCC)CC2)nc1C. The fourth-order valence-corrected chi connectivity index (χ4v) is 3.44. The van der Waals surface area contributed by atoms with Crippen molar-refractivity contribution in [1.29, 1.82) is 0 Å². The summed E-state index contributed by atoms with van der Waals surface area (Å²) < 4.78 is 0. The molecule has 2 nitrogen and oxygen atoms in total. The van der Waals surface area contributed by atoms with Crippen molar-refractivity contribution in [3.05, 3.63) is 23.3 Å². The van der Waals surface area contributed by atoms with E-state index in [0.29, 0.717) is 5.92 Å². The lowest BCUT2D eigenvalue weighted by Crippen LogP contribution is -2.16. The molecule has 0 aromatic carbocycles. The number of aryl methyl sites for hydroxylation is 2. The molecule has 1 aromatic heterocycles. The summed E-state index contributed by atoms with van der Waals surface area (Å²) in [5, 5.41) is 0. The number of hydrogen-bond acceptors (Lipinski definition) is 2. The van der Waals surface area contributed by atoms with E-state index in [1.54, 1.807) is 0 Å². The van der Waals surface area contributed by atoms with Gasteiger partial charge in [-0.15, -0.1) is 0 Å². The van der Waals surface area contributed by atoms with Gasteiger partial charge in [-0.3, -0.25) is 0 Å². The van der Waals surface area contributed by atoms with Crippen LogP contribution in [0.25, 0.3) is 0 Å². The molecule has 20 heavy (non-hydrogen) atoms. The number of nitrogens with zero attached hydrogens (tertiary/aromatic N) is 2. The predicted octanol–water partition coefficient (Wildman–Crippen LogP) is 5.20. The molecular formula is C18H30N2. The Labute approximate surface area is 124 Å². The Hall–Kier alpha value is -0.920. The minimum Gasteiger partial charge on any atom is -0.241 e. The van der Waals surface area contributed by atoms with Gasteiger partial charge in [0.15, 0.2) is 0 Å². The third-order valence-corrected chi connectivity index (χ3v) is 4.81. The third-order valence-electron chi connectivity index (χ3n) is 4.81. The molecule has 0 radical (unpaired) electrons. The minimum atomic E-state index is 0.613. The van der Waals surface area contributed by atoms with Crippen LogP contribution in [0.5, 0.6) is 0 Å². The van der Waals surface area contributed by atoms with Crippen LogP contribution < -0.4 is 0 Å². The van der Waals surface area contributed by atoms with E-state index in [-0.39, 0.29) is 0 Å². The number of aromatic nitrogens is 2. The molecular weight excluding hydrogens is 244 g/mol. The Morgan fingerprint density at radius 1 is 1.10 bits per heavy atom. The van der Waals surface area contributed by atoms with Crippen LogP contribution in [-0.2, 0) is 6.42 Å². The highest BCUT2D eigenvalue weighted by molar-refractivity contribution is 5.17. The standard InChI is InChI=1S/C18H30N2/c1-4-6-8-17-13-19-18(20-14(17)3)16-11-9-15(7-5-2)10-12-16/h13,15-16H,4-12H2,1-3H3. The first-order valence-electron chi connectivity index (χ1n) is 8.57. The zero-order chi connectivity index (χ0) is 14.4. The van der Waals surface area contributed by atoms with Crippen LogP contribution in [0.3, 0.4) is 0 Å². The smallest absolute Gasteiger partial charge is 0.131 e. The predicted molar refractivity (Wildman–Crippen MR) is 85.0 cm³/mol. The molecule has 1 heterocycles. The molecule has 2 heteroatoms. The van der Waals surface area contributed by atoms with Gasteiger partial charge in [-0.05, 0) is 56.9 Å². The fraction of sp³-hybridized carbons (Fsp3) is 0.778. The van der Waals surface area contributed by atoms with Gasteiger partial charge in [-0.25, -0.2) is 9.97 Å². The van der Waals surface area contributed by atoms with E-state index in [0.717, 1.165) is 18.2 Å². The maximum absolute atomic E-state index is 4.81. The van der Waals surface area contributed by atoms with Gasteiger partial charge in [0.1, 0.15) is 5.82 Å². The first kappa shape index (κ1) is 15.5. The van der Waals surface area contributed by atoms with Gasteiger partial charge in [-0.2, -0.15) is 0 Å². The second kappa shape index (κ2) is 7.75. The molecule has 0 saturated heterocycles. The van der Waals surface area contributed by atoms with Gasteiger partial charge >= 0.3 is 0 Å². The summed E-state index contributed by atoms with van der Waals surface area (Å²) in [4.78, 5) is 9.49. The molecule has 2 rings (SSSR count). The highest BCUT2D eigenvalue weighted by atomic mass is 14.9. The quantitative estimate of drug-likeness (QED) is 0.712. The van der Waals surface area contributed by atoms with Crippen molar-refractivity contribution in [2.24, 2.45) is 5.92 Å². The molecule has 0 aliphatic heterocycles. The lowest BCUT2D eigenvalue weighted by atomic mass is 9.79. The van der Waals surface area contributed by atoms with Crippen LogP contribution in [0.15, 0.2) is 6.20 Å². The summed E-state index contributed by atoms with van der Waals surface area (Å²) in [6.07, 6.45) is 13.8. The molecule has 0 N–H and O–H groups in total. The van der Waals surface area contributed by atoms with Gasteiger partial charge in [-0.1, -0.05) is 33.1 Å². The Balaban J connectivity index is 1.95. The maximum Gasteiger partial charge on any atom is 0.131 e. The monoisotopic (exact) mass is 274 g/mol. The van der Waals surface area contributed by atoms with Crippen LogP contribution in [0.4, 0.5) is 0 Å². The highest BCUT2D eigenvalue weighted by Gasteiger charge is 2.23. The van der Waals surface area contributed by atoms with E-state index in [2.05, 4.69) is 32.0 Å². The van der Waals surface area contributed by atoms with Crippen molar-refractivity contribution in [2.75, 3.05) is 0 Å². The van der Waals surface area contributed by atoms with E-state index < -0.39 is 0 Å². The van der Waals surface area contributed by atoms with Crippen LogP contribution >= 0.6 is 0 Å². The second-order valence-electron chi connectivity index (χ2n) is 6.45. The van der Waals surface area contributed by atoms with Crippen molar-refractivity contribution in [3.63, 3.8) is 0 Å². The van der Waals surface area contributed by atoms with Gasteiger partial charge in [0.2, 0.25) is 0 Å². The second-order valence-corrected chi connectivity index (χ2v) is 6.45. The average Bonchev–Trinajstić information content (AvgIpc) is 2.47. The van der Waals surface area contributed by atoms with Crippen LogP contribution in [0, 0.1) is 12.8 Å². The lowest BCUT2D eigenvalue weighted by Gasteiger charge is -2.27. The normalized spacial score (nSPS) is 22.9. The zero-order valence-corrected chi connectivity index (χ0v) is 13.5. The van der Waals surface area contributed by atoms with Crippen molar-refractivity contribution in [3.8, 4) is 0 Å². The van der Waals surface area contributed by atoms with Gasteiger partial charge < -0.3 is 0 Å². The number of hydrogen-bond donors (Lipinski definition) is 0. The summed E-state index contributed by atoms with van der Waals surface area (Å²) in [6.45, 7) is 6.69. The molecule has 0 spiro atoms. The van der Waals surface area contributed by atoms with Gasteiger partial charge in [0, 0.05) is 17.8 Å². The molecule has 1 aliphatic rings. The van der Waals surface area contributed by atoms with Crippen molar-refractivity contribution < 1.29 is 0 Å². The molecule has 0 unspecified atom stereocenters. The molecule has 0 atom stereocenters. The molecule has 0 amide bonds. The van der Waals surface area contributed by atoms with Crippen LogP contribution in [0.2, 0.25) is 0 Å². The van der Waals surface area contributed by atoms with Gasteiger partial charge in [0.05, 0.1) is 0 Å². The highest BCUT2D eigenvalue weighted by Crippen LogP contribution is 2.36. The van der Waals surface area contributed by atoms with Gasteiger partial charge in [0.25, 0.3) is 0 Å². The van der Waals surface area contributed by atoms with Crippen LogP contribution in [0.1, 0.15) is 88.2 Å². The molecule has 0 bridgehead atoms. The molecule has 112 valence electrons. The number of rotatable bonds is 6. The molecule has 1 aliphatic carbocycles. The summed E-state index contributed by atoms with van der Waals surface area (Å²) in [5.41, 5.74) is 2.55. The van der Waals surface area contributed by atoms with E-state index in [9.17, 15) is 0 Å². The largest absolute Gasteiger partial charge is 0.241 e. The first-order valence-corrected chi connectivity index (χ1v) is 8.57.